The number of hydrogen-bond donors (Lipinski definition) is 1. The number of aromatic nitrogens is 3. The fraction of sp³-hybridized carbons (Fsp3) is 0.864. The van der Waals surface area contributed by atoms with Gasteiger partial charge in [0.05, 0.1) is 19.2 Å². The van der Waals surface area contributed by atoms with Gasteiger partial charge in [-0.15, -0.1) is 10.2 Å². The summed E-state index contributed by atoms with van der Waals surface area (Å²) in [6.45, 7) is 3.50. The molecule has 0 bridgehead atoms. The standard InChI is InChI=1S/C22H29F2N5O2/c23-22(24)16-3-12(4-17(16)22)9-31-15-7-28(8-15)20(30)29-10-21(11-29)5-14(6-21)19-25-18(26-27-19)13-1-2-13/h12-17H,1-11H2,(H,25,26,27). The molecule has 2 unspecified atom stereocenters. The predicted molar refractivity (Wildman–Crippen MR) is 106 cm³/mol. The van der Waals surface area contributed by atoms with Gasteiger partial charge in [-0.1, -0.05) is 0 Å². The van der Waals surface area contributed by atoms with Gasteiger partial charge in [-0.2, -0.15) is 0 Å². The van der Waals surface area contributed by atoms with E-state index >= 15 is 0 Å². The van der Waals surface area contributed by atoms with Crippen LogP contribution in [0.4, 0.5) is 13.6 Å². The Morgan fingerprint density at radius 2 is 1.68 bits per heavy atom. The summed E-state index contributed by atoms with van der Waals surface area (Å²) in [5.74, 6) is 0.224. The van der Waals surface area contributed by atoms with Crippen molar-refractivity contribution in [2.45, 2.75) is 62.4 Å². The van der Waals surface area contributed by atoms with E-state index in [0.717, 1.165) is 37.6 Å². The van der Waals surface area contributed by atoms with Crippen molar-refractivity contribution >= 4 is 6.03 Å². The summed E-state index contributed by atoms with van der Waals surface area (Å²) in [4.78, 5) is 19.9. The van der Waals surface area contributed by atoms with Gasteiger partial charge in [0.1, 0.15) is 11.6 Å². The molecule has 6 fully saturated rings. The van der Waals surface area contributed by atoms with Crippen LogP contribution in [0, 0.1) is 23.2 Å². The van der Waals surface area contributed by atoms with Crippen molar-refractivity contribution in [2.24, 2.45) is 23.2 Å². The Bertz CT molecular complexity index is 883. The lowest BCUT2D eigenvalue weighted by molar-refractivity contribution is -0.0850. The molecule has 7 rings (SSSR count). The number of carbonyl (C=O) groups excluding carboxylic acids is 1. The normalized spacial score (nSPS) is 35.5. The van der Waals surface area contributed by atoms with Gasteiger partial charge in [0.2, 0.25) is 0 Å². The van der Waals surface area contributed by atoms with Crippen LogP contribution < -0.4 is 0 Å². The molecule has 6 aliphatic rings. The van der Waals surface area contributed by atoms with Gasteiger partial charge in [-0.05, 0) is 44.4 Å². The molecule has 1 aromatic heterocycles. The molecule has 7 nitrogen and oxygen atoms in total. The first kappa shape index (κ1) is 18.8. The third kappa shape index (κ3) is 2.94. The molecule has 4 saturated carbocycles. The lowest BCUT2D eigenvalue weighted by Crippen LogP contribution is -2.68. The minimum Gasteiger partial charge on any atom is -0.374 e. The Balaban J connectivity index is 0.818. The molecule has 4 aliphatic carbocycles. The van der Waals surface area contributed by atoms with Crippen LogP contribution in [-0.4, -0.2) is 75.8 Å². The molecule has 31 heavy (non-hydrogen) atoms. The van der Waals surface area contributed by atoms with Gasteiger partial charge in [-0.25, -0.2) is 13.6 Å². The molecule has 1 spiro atoms. The van der Waals surface area contributed by atoms with Gasteiger partial charge in [0.25, 0.3) is 5.92 Å². The summed E-state index contributed by atoms with van der Waals surface area (Å²) < 4.78 is 32.4. The molecular weight excluding hydrogens is 404 g/mol. The van der Waals surface area contributed by atoms with E-state index in [0.29, 0.717) is 44.4 Å². The summed E-state index contributed by atoms with van der Waals surface area (Å²) in [5, 5.41) is 8.65. The number of carbonyl (C=O) groups is 1. The second kappa shape index (κ2) is 6.17. The number of amides is 2. The lowest BCUT2D eigenvalue weighted by Gasteiger charge is -2.59. The van der Waals surface area contributed by atoms with E-state index in [2.05, 4.69) is 15.2 Å². The molecule has 2 saturated heterocycles. The van der Waals surface area contributed by atoms with E-state index in [1.807, 2.05) is 9.80 Å². The molecular formula is C22H29F2N5O2. The molecule has 0 aromatic carbocycles. The number of ether oxygens (including phenoxy) is 1. The number of alkyl halides is 2. The van der Waals surface area contributed by atoms with Crippen molar-refractivity contribution in [3.8, 4) is 0 Å². The van der Waals surface area contributed by atoms with Gasteiger partial charge < -0.3 is 19.5 Å². The summed E-state index contributed by atoms with van der Waals surface area (Å²) in [6.07, 6.45) is 5.89. The number of halogens is 2. The summed E-state index contributed by atoms with van der Waals surface area (Å²) >= 11 is 0. The van der Waals surface area contributed by atoms with E-state index in [-0.39, 0.29) is 23.5 Å². The third-order valence-corrected chi connectivity index (χ3v) is 8.78. The van der Waals surface area contributed by atoms with E-state index in [1.165, 1.54) is 12.8 Å². The number of likely N-dealkylation sites (tertiary alicyclic amines) is 2. The highest BCUT2D eigenvalue weighted by molar-refractivity contribution is 5.76. The SMILES string of the molecule is O=C(N1CC(OCC2CC3C(C2)C3(F)F)C1)N1CC2(CC(c3nnc(C4CC4)[nH]3)C2)C1. The van der Waals surface area contributed by atoms with Crippen molar-refractivity contribution in [1.29, 1.82) is 0 Å². The van der Waals surface area contributed by atoms with E-state index in [9.17, 15) is 13.6 Å². The zero-order valence-electron chi connectivity index (χ0n) is 17.6. The van der Waals surface area contributed by atoms with Crippen molar-refractivity contribution in [3.05, 3.63) is 11.6 Å². The van der Waals surface area contributed by atoms with Crippen molar-refractivity contribution in [1.82, 2.24) is 25.0 Å². The zero-order valence-corrected chi connectivity index (χ0v) is 17.6. The van der Waals surface area contributed by atoms with Crippen LogP contribution in [-0.2, 0) is 4.74 Å². The number of H-pyrrole nitrogens is 1. The predicted octanol–water partition coefficient (Wildman–Crippen LogP) is 2.97. The molecule has 2 aliphatic heterocycles. The highest BCUT2D eigenvalue weighted by atomic mass is 19.3. The summed E-state index contributed by atoms with van der Waals surface area (Å²) in [5.41, 5.74) is 0.277. The topological polar surface area (TPSA) is 74.3 Å². The summed E-state index contributed by atoms with van der Waals surface area (Å²) in [7, 11) is 0. The third-order valence-electron chi connectivity index (χ3n) is 8.78. The van der Waals surface area contributed by atoms with Crippen molar-refractivity contribution in [3.63, 3.8) is 0 Å². The Hall–Kier alpha value is -1.77. The van der Waals surface area contributed by atoms with Gasteiger partial charge in [0, 0.05) is 48.8 Å². The van der Waals surface area contributed by atoms with Crippen LogP contribution in [0.2, 0.25) is 0 Å². The molecule has 9 heteroatoms. The molecule has 0 radical (unpaired) electrons. The minimum atomic E-state index is -2.40. The molecule has 3 heterocycles. The molecule has 1 N–H and O–H groups in total. The fourth-order valence-electron chi connectivity index (χ4n) is 6.57. The van der Waals surface area contributed by atoms with Gasteiger partial charge in [0.15, 0.2) is 0 Å². The number of nitrogens with zero attached hydrogens (tertiary/aromatic N) is 4. The van der Waals surface area contributed by atoms with Crippen LogP contribution >= 0.6 is 0 Å². The van der Waals surface area contributed by atoms with Crippen LogP contribution in [0.1, 0.15) is 62.0 Å². The molecule has 2 atom stereocenters. The van der Waals surface area contributed by atoms with Gasteiger partial charge >= 0.3 is 6.03 Å². The summed E-state index contributed by atoms with van der Waals surface area (Å²) in [6, 6.07) is 0.117. The highest BCUT2D eigenvalue weighted by Gasteiger charge is 2.71. The largest absolute Gasteiger partial charge is 0.374 e. The number of rotatable bonds is 5. The molecule has 168 valence electrons. The first-order valence-corrected chi connectivity index (χ1v) is 11.9. The Morgan fingerprint density at radius 3 is 2.32 bits per heavy atom. The number of urea groups is 1. The second-order valence-electron chi connectivity index (χ2n) is 11.2. The maximum atomic E-state index is 13.3. The maximum absolute atomic E-state index is 13.3. The average Bonchev–Trinajstić information content (AvgIpc) is 3.39. The van der Waals surface area contributed by atoms with Gasteiger partial charge in [-0.3, -0.25) is 0 Å². The van der Waals surface area contributed by atoms with E-state index in [1.54, 1.807) is 0 Å². The Morgan fingerprint density at radius 1 is 1.03 bits per heavy atom. The lowest BCUT2D eigenvalue weighted by atomic mass is 9.57. The number of fused-ring (bicyclic) bond motifs is 1. The van der Waals surface area contributed by atoms with Crippen molar-refractivity contribution < 1.29 is 18.3 Å². The van der Waals surface area contributed by atoms with E-state index in [4.69, 9.17) is 4.74 Å². The Kier molecular flexibility index (Phi) is 3.74. The molecule has 2 amide bonds. The maximum Gasteiger partial charge on any atom is 0.320 e. The monoisotopic (exact) mass is 433 g/mol. The van der Waals surface area contributed by atoms with E-state index < -0.39 is 17.8 Å². The number of aromatic amines is 1. The second-order valence-corrected chi connectivity index (χ2v) is 11.2. The van der Waals surface area contributed by atoms with Crippen LogP contribution in [0.3, 0.4) is 0 Å². The number of hydrogen-bond acceptors (Lipinski definition) is 4. The highest BCUT2D eigenvalue weighted by Crippen LogP contribution is 2.65. The minimum absolute atomic E-state index is 0.0665. The van der Waals surface area contributed by atoms with Crippen LogP contribution in [0.15, 0.2) is 0 Å². The van der Waals surface area contributed by atoms with Crippen molar-refractivity contribution in [2.75, 3.05) is 32.8 Å². The van der Waals surface area contributed by atoms with Crippen LogP contribution in [0.25, 0.3) is 0 Å². The smallest absolute Gasteiger partial charge is 0.320 e. The first-order valence-electron chi connectivity index (χ1n) is 11.9. The zero-order chi connectivity index (χ0) is 21.0. The Labute approximate surface area is 179 Å². The number of nitrogens with one attached hydrogen (secondary N) is 1. The molecule has 1 aromatic rings. The quantitative estimate of drug-likeness (QED) is 0.775. The van der Waals surface area contributed by atoms with Crippen LogP contribution in [0.5, 0.6) is 0 Å². The first-order chi connectivity index (χ1) is 14.9. The fourth-order valence-corrected chi connectivity index (χ4v) is 6.57. The average molecular weight is 434 g/mol.